The number of hydrogen-bond donors (Lipinski definition) is 0. The van der Waals surface area contributed by atoms with Crippen molar-refractivity contribution in [2.45, 2.75) is 13.8 Å². The predicted molar refractivity (Wildman–Crippen MR) is 115 cm³/mol. The number of rotatable bonds is 8. The Morgan fingerprint density at radius 1 is 0.731 bits per heavy atom. The number of hydrogen-bond acceptors (Lipinski definition) is 4. The molecule has 26 heavy (non-hydrogen) atoms. The molecule has 0 spiro atoms. The van der Waals surface area contributed by atoms with Gasteiger partial charge in [0.05, 0.1) is 13.2 Å². The highest BCUT2D eigenvalue weighted by atomic mass is 32.1. The van der Waals surface area contributed by atoms with Gasteiger partial charge in [0.25, 0.3) is 0 Å². The maximum atomic E-state index is 5.88. The lowest BCUT2D eigenvalue weighted by molar-refractivity contribution is 0.329. The summed E-state index contributed by atoms with van der Waals surface area (Å²) in [7, 11) is 0. The lowest BCUT2D eigenvalue weighted by atomic mass is 10.1. The minimum absolute atomic E-state index is 0.627. The van der Waals surface area contributed by atoms with Crippen molar-refractivity contribution in [3.63, 3.8) is 0 Å². The van der Waals surface area contributed by atoms with Crippen molar-refractivity contribution in [2.24, 2.45) is 0 Å². The van der Waals surface area contributed by atoms with Crippen molar-refractivity contribution in [1.82, 2.24) is 0 Å². The van der Waals surface area contributed by atoms with Crippen LogP contribution in [-0.2, 0) is 0 Å². The molecule has 134 valence electrons. The van der Waals surface area contributed by atoms with Gasteiger partial charge in [0.1, 0.15) is 11.5 Å². The van der Waals surface area contributed by atoms with Gasteiger partial charge in [-0.2, -0.15) is 0 Å². The standard InChI is InChI=1S/C22H22O2S2/c1-3-23-21-15-18(10-12-20-8-6-14-26-20)22(24-4-2)16-17(21)9-11-19-7-5-13-25-19/h5-16H,3-4H2,1-2H3/b11-9+,12-10+. The fourth-order valence-electron chi connectivity index (χ4n) is 2.53. The summed E-state index contributed by atoms with van der Waals surface area (Å²) in [5.41, 5.74) is 2.05. The molecule has 0 N–H and O–H groups in total. The van der Waals surface area contributed by atoms with Crippen LogP contribution in [0, 0.1) is 0 Å². The maximum absolute atomic E-state index is 5.88. The van der Waals surface area contributed by atoms with Crippen molar-refractivity contribution in [3.8, 4) is 11.5 Å². The molecule has 0 unspecified atom stereocenters. The van der Waals surface area contributed by atoms with Crippen LogP contribution < -0.4 is 9.47 Å². The van der Waals surface area contributed by atoms with Crippen molar-refractivity contribution in [3.05, 3.63) is 68.0 Å². The van der Waals surface area contributed by atoms with Crippen molar-refractivity contribution in [1.29, 1.82) is 0 Å². The molecule has 0 aliphatic carbocycles. The Labute approximate surface area is 163 Å². The van der Waals surface area contributed by atoms with E-state index in [4.69, 9.17) is 9.47 Å². The van der Waals surface area contributed by atoms with Crippen LogP contribution in [0.4, 0.5) is 0 Å². The van der Waals surface area contributed by atoms with Gasteiger partial charge in [0.15, 0.2) is 0 Å². The molecule has 0 radical (unpaired) electrons. The normalized spacial score (nSPS) is 11.5. The van der Waals surface area contributed by atoms with Gasteiger partial charge >= 0.3 is 0 Å². The molecular formula is C22H22O2S2. The van der Waals surface area contributed by atoms with E-state index in [1.54, 1.807) is 22.7 Å². The first-order valence-corrected chi connectivity index (χ1v) is 10.4. The molecule has 2 nitrogen and oxygen atoms in total. The van der Waals surface area contributed by atoms with E-state index in [-0.39, 0.29) is 0 Å². The van der Waals surface area contributed by atoms with Crippen LogP contribution >= 0.6 is 22.7 Å². The molecule has 0 aliphatic rings. The van der Waals surface area contributed by atoms with Crippen molar-refractivity contribution < 1.29 is 9.47 Å². The third kappa shape index (κ3) is 4.87. The molecule has 4 heteroatoms. The summed E-state index contributed by atoms with van der Waals surface area (Å²) < 4.78 is 11.8. The van der Waals surface area contributed by atoms with Gasteiger partial charge in [-0.1, -0.05) is 12.1 Å². The molecule has 0 atom stereocenters. The first kappa shape index (κ1) is 18.5. The van der Waals surface area contributed by atoms with Crippen LogP contribution in [0.2, 0.25) is 0 Å². The summed E-state index contributed by atoms with van der Waals surface area (Å²) in [6, 6.07) is 12.4. The highest BCUT2D eigenvalue weighted by molar-refractivity contribution is 7.11. The molecular weight excluding hydrogens is 360 g/mol. The summed E-state index contributed by atoms with van der Waals surface area (Å²) in [5.74, 6) is 1.74. The number of benzene rings is 1. The van der Waals surface area contributed by atoms with E-state index in [1.807, 2.05) is 13.8 Å². The summed E-state index contributed by atoms with van der Waals surface area (Å²) in [6.45, 7) is 5.26. The van der Waals surface area contributed by atoms with Crippen LogP contribution in [-0.4, -0.2) is 13.2 Å². The lowest BCUT2D eigenvalue weighted by Crippen LogP contribution is -1.99. The Bertz CT molecular complexity index is 786. The summed E-state index contributed by atoms with van der Waals surface area (Å²) in [5, 5.41) is 4.15. The highest BCUT2D eigenvalue weighted by Gasteiger charge is 2.09. The van der Waals surface area contributed by atoms with Gasteiger partial charge in [-0.05, 0) is 73.2 Å². The van der Waals surface area contributed by atoms with Crippen molar-refractivity contribution >= 4 is 47.0 Å². The Hall–Kier alpha value is -2.30. The molecule has 3 rings (SSSR count). The van der Waals surface area contributed by atoms with E-state index >= 15 is 0 Å². The van der Waals surface area contributed by atoms with E-state index in [9.17, 15) is 0 Å². The summed E-state index contributed by atoms with van der Waals surface area (Å²) in [4.78, 5) is 2.43. The zero-order chi connectivity index (χ0) is 18.2. The Morgan fingerprint density at radius 2 is 1.19 bits per heavy atom. The van der Waals surface area contributed by atoms with Crippen LogP contribution in [0.1, 0.15) is 34.7 Å². The monoisotopic (exact) mass is 382 g/mol. The van der Waals surface area contributed by atoms with Crippen molar-refractivity contribution in [2.75, 3.05) is 13.2 Å². The molecule has 0 aliphatic heterocycles. The highest BCUT2D eigenvalue weighted by Crippen LogP contribution is 2.32. The Kier molecular flexibility index (Phi) is 6.69. The molecule has 0 fully saturated rings. The number of thiophene rings is 2. The van der Waals surface area contributed by atoms with E-state index < -0.39 is 0 Å². The average Bonchev–Trinajstić information content (AvgIpc) is 3.34. The topological polar surface area (TPSA) is 18.5 Å². The third-order valence-corrected chi connectivity index (χ3v) is 5.36. The fraction of sp³-hybridized carbons (Fsp3) is 0.182. The van der Waals surface area contributed by atoms with Gasteiger partial charge in [0, 0.05) is 20.9 Å². The average molecular weight is 383 g/mol. The van der Waals surface area contributed by atoms with E-state index in [0.717, 1.165) is 22.6 Å². The van der Waals surface area contributed by atoms with E-state index in [0.29, 0.717) is 13.2 Å². The minimum atomic E-state index is 0.627. The first-order chi connectivity index (χ1) is 12.8. The summed E-state index contributed by atoms with van der Waals surface area (Å²) in [6.07, 6.45) is 8.40. The molecule has 0 amide bonds. The fourth-order valence-corrected chi connectivity index (χ4v) is 3.76. The van der Waals surface area contributed by atoms with Gasteiger partial charge in [-0.15, -0.1) is 22.7 Å². The quantitative estimate of drug-likeness (QED) is 0.420. The van der Waals surface area contributed by atoms with Gasteiger partial charge in [-0.3, -0.25) is 0 Å². The molecule has 3 aromatic rings. The van der Waals surface area contributed by atoms with E-state index in [2.05, 4.69) is 71.5 Å². The molecule has 1 aromatic carbocycles. The molecule has 2 heterocycles. The molecule has 0 saturated carbocycles. The third-order valence-electron chi connectivity index (χ3n) is 3.68. The van der Waals surface area contributed by atoms with Gasteiger partial charge in [0.2, 0.25) is 0 Å². The smallest absolute Gasteiger partial charge is 0.127 e. The largest absolute Gasteiger partial charge is 0.493 e. The second-order valence-corrected chi connectivity index (χ2v) is 7.45. The second kappa shape index (κ2) is 9.41. The lowest BCUT2D eigenvalue weighted by Gasteiger charge is -2.13. The Morgan fingerprint density at radius 3 is 1.54 bits per heavy atom. The van der Waals surface area contributed by atoms with Crippen LogP contribution in [0.15, 0.2) is 47.2 Å². The second-order valence-electron chi connectivity index (χ2n) is 5.49. The van der Waals surface area contributed by atoms with Crippen LogP contribution in [0.25, 0.3) is 24.3 Å². The predicted octanol–water partition coefficient (Wildman–Crippen LogP) is 6.95. The minimum Gasteiger partial charge on any atom is -0.493 e. The maximum Gasteiger partial charge on any atom is 0.127 e. The summed E-state index contributed by atoms with van der Waals surface area (Å²) >= 11 is 3.43. The Balaban J connectivity index is 1.97. The zero-order valence-electron chi connectivity index (χ0n) is 15.0. The number of ether oxygens (including phenoxy) is 2. The molecule has 0 bridgehead atoms. The zero-order valence-corrected chi connectivity index (χ0v) is 16.6. The first-order valence-electron chi connectivity index (χ1n) is 8.67. The van der Waals surface area contributed by atoms with Crippen LogP contribution in [0.5, 0.6) is 11.5 Å². The molecule has 2 aromatic heterocycles. The molecule has 0 saturated heterocycles. The SMILES string of the molecule is CCOc1cc(/C=C/c2cccs2)c(OCC)cc1/C=C/c1cccs1. The van der Waals surface area contributed by atoms with Gasteiger partial charge < -0.3 is 9.47 Å². The van der Waals surface area contributed by atoms with Gasteiger partial charge in [-0.25, -0.2) is 0 Å². The van der Waals surface area contributed by atoms with E-state index in [1.165, 1.54) is 9.75 Å². The van der Waals surface area contributed by atoms with Crippen LogP contribution in [0.3, 0.4) is 0 Å².